The Bertz CT molecular complexity index is 428. The standard InChI is InChI=1S/C14H19NO2/c1-10(2)7-14(13(16)17)8-11-5-3-4-6-12(11)9-15-14/h3-6,10,15H,7-9H2,1-2H3,(H,16,17). The van der Waals surface area contributed by atoms with Gasteiger partial charge in [-0.25, -0.2) is 0 Å². The molecule has 0 fully saturated rings. The minimum absolute atomic E-state index is 0.365. The van der Waals surface area contributed by atoms with Gasteiger partial charge >= 0.3 is 5.97 Å². The zero-order valence-electron chi connectivity index (χ0n) is 10.4. The molecule has 92 valence electrons. The summed E-state index contributed by atoms with van der Waals surface area (Å²) in [5.41, 5.74) is 1.59. The van der Waals surface area contributed by atoms with Crippen molar-refractivity contribution in [1.82, 2.24) is 5.32 Å². The molecule has 1 aromatic rings. The number of fused-ring (bicyclic) bond motifs is 1. The van der Waals surface area contributed by atoms with Crippen molar-refractivity contribution in [1.29, 1.82) is 0 Å². The van der Waals surface area contributed by atoms with Crippen molar-refractivity contribution in [2.45, 2.75) is 38.8 Å². The number of carboxylic acids is 1. The third kappa shape index (κ3) is 2.34. The number of nitrogens with one attached hydrogen (secondary N) is 1. The number of aliphatic carboxylic acids is 1. The van der Waals surface area contributed by atoms with Crippen LogP contribution in [-0.2, 0) is 17.8 Å². The molecule has 1 atom stereocenters. The first-order valence-corrected chi connectivity index (χ1v) is 6.09. The molecule has 0 aromatic heterocycles. The number of rotatable bonds is 3. The van der Waals surface area contributed by atoms with E-state index in [1.54, 1.807) is 0 Å². The zero-order chi connectivity index (χ0) is 12.5. The summed E-state index contributed by atoms with van der Waals surface area (Å²) >= 11 is 0. The fourth-order valence-corrected chi connectivity index (χ4v) is 2.63. The Kier molecular flexibility index (Phi) is 3.20. The first-order chi connectivity index (χ1) is 8.03. The van der Waals surface area contributed by atoms with Gasteiger partial charge in [0.1, 0.15) is 5.54 Å². The van der Waals surface area contributed by atoms with E-state index in [-0.39, 0.29) is 0 Å². The van der Waals surface area contributed by atoms with Crippen LogP contribution in [0.1, 0.15) is 31.4 Å². The summed E-state index contributed by atoms with van der Waals surface area (Å²) in [7, 11) is 0. The maximum atomic E-state index is 11.6. The molecular weight excluding hydrogens is 214 g/mol. The van der Waals surface area contributed by atoms with E-state index in [0.717, 1.165) is 5.56 Å². The van der Waals surface area contributed by atoms with Crippen LogP contribution < -0.4 is 5.32 Å². The van der Waals surface area contributed by atoms with Crippen LogP contribution in [0.4, 0.5) is 0 Å². The fraction of sp³-hybridized carbons (Fsp3) is 0.500. The second-order valence-corrected chi connectivity index (χ2v) is 5.28. The number of hydrogen-bond donors (Lipinski definition) is 2. The highest BCUT2D eigenvalue weighted by Crippen LogP contribution is 2.28. The average Bonchev–Trinajstić information content (AvgIpc) is 2.27. The van der Waals surface area contributed by atoms with Gasteiger partial charge in [0, 0.05) is 13.0 Å². The van der Waals surface area contributed by atoms with E-state index in [9.17, 15) is 9.90 Å². The predicted octanol–water partition coefficient (Wildman–Crippen LogP) is 2.20. The third-order valence-electron chi connectivity index (χ3n) is 3.39. The molecule has 3 heteroatoms. The number of carbonyl (C=O) groups is 1. The van der Waals surface area contributed by atoms with Crippen molar-refractivity contribution in [3.05, 3.63) is 35.4 Å². The van der Waals surface area contributed by atoms with Crippen molar-refractivity contribution in [3.8, 4) is 0 Å². The summed E-state index contributed by atoms with van der Waals surface area (Å²) in [6.45, 7) is 4.77. The largest absolute Gasteiger partial charge is 0.480 e. The molecule has 1 aliphatic heterocycles. The topological polar surface area (TPSA) is 49.3 Å². The Labute approximate surface area is 102 Å². The average molecular weight is 233 g/mol. The molecule has 2 rings (SSSR count). The highest BCUT2D eigenvalue weighted by Gasteiger charge is 2.41. The lowest BCUT2D eigenvalue weighted by atomic mass is 9.79. The number of benzene rings is 1. The van der Waals surface area contributed by atoms with Crippen molar-refractivity contribution in [2.24, 2.45) is 5.92 Å². The maximum absolute atomic E-state index is 11.6. The molecule has 0 saturated heterocycles. The lowest BCUT2D eigenvalue weighted by Crippen LogP contribution is -2.56. The molecule has 0 bridgehead atoms. The second-order valence-electron chi connectivity index (χ2n) is 5.28. The Hall–Kier alpha value is -1.35. The molecule has 17 heavy (non-hydrogen) atoms. The molecule has 1 unspecified atom stereocenters. The smallest absolute Gasteiger partial charge is 0.324 e. The van der Waals surface area contributed by atoms with Crippen LogP contribution in [0.5, 0.6) is 0 Å². The van der Waals surface area contributed by atoms with E-state index in [2.05, 4.69) is 25.2 Å². The van der Waals surface area contributed by atoms with E-state index >= 15 is 0 Å². The highest BCUT2D eigenvalue weighted by atomic mass is 16.4. The Morgan fingerprint density at radius 3 is 2.65 bits per heavy atom. The van der Waals surface area contributed by atoms with Crippen LogP contribution in [0, 0.1) is 5.92 Å². The molecule has 2 N–H and O–H groups in total. The SMILES string of the molecule is CC(C)CC1(C(=O)O)Cc2ccccc2CN1. The Morgan fingerprint density at radius 2 is 2.06 bits per heavy atom. The van der Waals surface area contributed by atoms with Gasteiger partial charge in [-0.15, -0.1) is 0 Å². The van der Waals surface area contributed by atoms with E-state index in [4.69, 9.17) is 0 Å². The van der Waals surface area contributed by atoms with Crippen LogP contribution in [0.2, 0.25) is 0 Å². The first kappa shape index (κ1) is 12.1. The van der Waals surface area contributed by atoms with Crippen molar-refractivity contribution >= 4 is 5.97 Å². The van der Waals surface area contributed by atoms with Crippen LogP contribution in [-0.4, -0.2) is 16.6 Å². The predicted molar refractivity (Wildman–Crippen MR) is 66.8 cm³/mol. The molecule has 0 amide bonds. The summed E-state index contributed by atoms with van der Waals surface area (Å²) < 4.78 is 0. The minimum atomic E-state index is -0.789. The monoisotopic (exact) mass is 233 g/mol. The quantitative estimate of drug-likeness (QED) is 0.841. The number of hydrogen-bond acceptors (Lipinski definition) is 2. The van der Waals surface area contributed by atoms with E-state index in [1.165, 1.54) is 5.56 Å². The molecule has 1 aromatic carbocycles. The van der Waals surface area contributed by atoms with Crippen LogP contribution >= 0.6 is 0 Å². The van der Waals surface area contributed by atoms with E-state index in [1.807, 2.05) is 18.2 Å². The number of carboxylic acid groups (broad SMARTS) is 1. The van der Waals surface area contributed by atoms with Gasteiger partial charge in [-0.05, 0) is 23.5 Å². The highest BCUT2D eigenvalue weighted by molar-refractivity contribution is 5.80. The third-order valence-corrected chi connectivity index (χ3v) is 3.39. The summed E-state index contributed by atoms with van der Waals surface area (Å²) in [6, 6.07) is 8.07. The van der Waals surface area contributed by atoms with Crippen LogP contribution in [0.25, 0.3) is 0 Å². The first-order valence-electron chi connectivity index (χ1n) is 6.09. The second kappa shape index (κ2) is 4.49. The van der Waals surface area contributed by atoms with Crippen molar-refractivity contribution < 1.29 is 9.90 Å². The maximum Gasteiger partial charge on any atom is 0.324 e. The van der Waals surface area contributed by atoms with Gasteiger partial charge in [0.05, 0.1) is 0 Å². The molecule has 0 saturated carbocycles. The molecule has 3 nitrogen and oxygen atoms in total. The van der Waals surface area contributed by atoms with Crippen LogP contribution in [0.3, 0.4) is 0 Å². The summed E-state index contributed by atoms with van der Waals surface area (Å²) in [6.07, 6.45) is 1.24. The Morgan fingerprint density at radius 1 is 1.41 bits per heavy atom. The normalized spacial score (nSPS) is 23.5. The Balaban J connectivity index is 2.31. The molecule has 1 aliphatic rings. The lowest BCUT2D eigenvalue weighted by Gasteiger charge is -2.37. The van der Waals surface area contributed by atoms with Gasteiger partial charge in [-0.2, -0.15) is 0 Å². The molecule has 0 radical (unpaired) electrons. The lowest BCUT2D eigenvalue weighted by molar-refractivity contribution is -0.146. The van der Waals surface area contributed by atoms with Gasteiger partial charge in [-0.1, -0.05) is 38.1 Å². The van der Waals surface area contributed by atoms with Gasteiger partial charge in [0.2, 0.25) is 0 Å². The van der Waals surface area contributed by atoms with Gasteiger partial charge in [-0.3, -0.25) is 10.1 Å². The van der Waals surface area contributed by atoms with Crippen molar-refractivity contribution in [3.63, 3.8) is 0 Å². The summed E-state index contributed by atoms with van der Waals surface area (Å²) in [5.74, 6) is -0.371. The minimum Gasteiger partial charge on any atom is -0.480 e. The van der Waals surface area contributed by atoms with E-state index < -0.39 is 11.5 Å². The van der Waals surface area contributed by atoms with Gasteiger partial charge < -0.3 is 5.11 Å². The zero-order valence-corrected chi connectivity index (χ0v) is 10.4. The molecule has 1 heterocycles. The summed E-state index contributed by atoms with van der Waals surface area (Å²) in [4.78, 5) is 11.6. The van der Waals surface area contributed by atoms with Crippen molar-refractivity contribution in [2.75, 3.05) is 0 Å². The van der Waals surface area contributed by atoms with Gasteiger partial charge in [0.25, 0.3) is 0 Å². The van der Waals surface area contributed by atoms with E-state index in [0.29, 0.717) is 25.3 Å². The molecule has 0 aliphatic carbocycles. The van der Waals surface area contributed by atoms with Gasteiger partial charge in [0.15, 0.2) is 0 Å². The molecular formula is C14H19NO2. The fourth-order valence-electron chi connectivity index (χ4n) is 2.63. The summed E-state index contributed by atoms with van der Waals surface area (Å²) in [5, 5.41) is 12.7. The molecule has 0 spiro atoms. The van der Waals surface area contributed by atoms with Crippen LogP contribution in [0.15, 0.2) is 24.3 Å².